The lowest BCUT2D eigenvalue weighted by Gasteiger charge is -2.17. The van der Waals surface area contributed by atoms with E-state index in [0.29, 0.717) is 17.6 Å². The summed E-state index contributed by atoms with van der Waals surface area (Å²) >= 11 is 15.6. The van der Waals surface area contributed by atoms with Crippen molar-refractivity contribution in [1.29, 1.82) is 0 Å². The van der Waals surface area contributed by atoms with Gasteiger partial charge in [0.05, 0.1) is 4.47 Å². The van der Waals surface area contributed by atoms with Gasteiger partial charge in [-0.2, -0.15) is 0 Å². The molecule has 0 amide bonds. The standard InChI is InChI=1S/C15H15BrCl2N4.ClH/c16-11-7-20-15(21-8-11)22-4-3-13(9-22)19-6-10-5-12(17)1-2-14(10)18;/h1-2,5,7-8,13,19H,3-4,6,9H2;1H. The molecule has 1 N–H and O–H groups in total. The van der Waals surface area contributed by atoms with Gasteiger partial charge in [-0.05, 0) is 46.1 Å². The SMILES string of the molecule is Cl.Clc1ccc(Cl)c(CNC2CCN(c3ncc(Br)cn3)C2)c1. The molecule has 1 atom stereocenters. The Labute approximate surface area is 160 Å². The van der Waals surface area contributed by atoms with Crippen molar-refractivity contribution in [2.45, 2.75) is 19.0 Å². The number of hydrogen-bond acceptors (Lipinski definition) is 4. The first kappa shape index (κ1) is 18.7. The number of aromatic nitrogens is 2. The van der Waals surface area contributed by atoms with Crippen LogP contribution in [-0.2, 0) is 6.54 Å². The van der Waals surface area contributed by atoms with Crippen molar-refractivity contribution in [1.82, 2.24) is 15.3 Å². The Morgan fingerprint density at radius 3 is 2.74 bits per heavy atom. The van der Waals surface area contributed by atoms with E-state index in [2.05, 4.69) is 36.1 Å². The number of anilines is 1. The van der Waals surface area contributed by atoms with Gasteiger partial charge in [0.25, 0.3) is 0 Å². The maximum Gasteiger partial charge on any atom is 0.225 e. The van der Waals surface area contributed by atoms with E-state index < -0.39 is 0 Å². The van der Waals surface area contributed by atoms with E-state index in [0.717, 1.165) is 40.5 Å². The van der Waals surface area contributed by atoms with Crippen LogP contribution in [-0.4, -0.2) is 29.1 Å². The minimum atomic E-state index is 0. The summed E-state index contributed by atoms with van der Waals surface area (Å²) in [6.07, 6.45) is 4.60. The van der Waals surface area contributed by atoms with Gasteiger partial charge in [0.2, 0.25) is 5.95 Å². The van der Waals surface area contributed by atoms with E-state index in [1.807, 2.05) is 12.1 Å². The molecule has 8 heteroatoms. The number of nitrogens with zero attached hydrogens (tertiary/aromatic N) is 3. The van der Waals surface area contributed by atoms with E-state index in [4.69, 9.17) is 23.2 Å². The highest BCUT2D eigenvalue weighted by Crippen LogP contribution is 2.22. The molecule has 1 aliphatic rings. The molecule has 124 valence electrons. The lowest BCUT2D eigenvalue weighted by atomic mass is 10.2. The quantitative estimate of drug-likeness (QED) is 0.771. The summed E-state index contributed by atoms with van der Waals surface area (Å²) in [4.78, 5) is 10.9. The Kier molecular flexibility index (Phi) is 6.92. The molecule has 2 heterocycles. The maximum atomic E-state index is 6.19. The van der Waals surface area contributed by atoms with E-state index in [-0.39, 0.29) is 12.4 Å². The maximum absolute atomic E-state index is 6.19. The third kappa shape index (κ3) is 4.94. The summed E-state index contributed by atoms with van der Waals surface area (Å²) in [5.74, 6) is 0.772. The molecule has 1 fully saturated rings. The molecule has 2 aromatic rings. The molecule has 0 radical (unpaired) electrons. The Bertz CT molecular complexity index is 654. The smallest absolute Gasteiger partial charge is 0.225 e. The highest BCUT2D eigenvalue weighted by molar-refractivity contribution is 9.10. The number of benzene rings is 1. The lowest BCUT2D eigenvalue weighted by molar-refractivity contribution is 0.551. The molecule has 1 unspecified atom stereocenters. The normalized spacial score (nSPS) is 17.2. The van der Waals surface area contributed by atoms with Crippen LogP contribution in [0.25, 0.3) is 0 Å². The van der Waals surface area contributed by atoms with Crippen LogP contribution in [0, 0.1) is 0 Å². The Hall–Kier alpha value is -0.590. The van der Waals surface area contributed by atoms with Crippen molar-refractivity contribution >= 4 is 57.5 Å². The fraction of sp³-hybridized carbons (Fsp3) is 0.333. The third-order valence-electron chi connectivity index (χ3n) is 3.67. The van der Waals surface area contributed by atoms with Crippen LogP contribution < -0.4 is 10.2 Å². The summed E-state index contributed by atoms with van der Waals surface area (Å²) < 4.78 is 0.890. The number of hydrogen-bond donors (Lipinski definition) is 1. The molecule has 0 saturated carbocycles. The molecule has 23 heavy (non-hydrogen) atoms. The van der Waals surface area contributed by atoms with Gasteiger partial charge in [0.15, 0.2) is 0 Å². The minimum Gasteiger partial charge on any atom is -0.339 e. The summed E-state index contributed by atoms with van der Waals surface area (Å²) in [7, 11) is 0. The Morgan fingerprint density at radius 2 is 2.00 bits per heavy atom. The van der Waals surface area contributed by atoms with E-state index >= 15 is 0 Å². The summed E-state index contributed by atoms with van der Waals surface area (Å²) in [6, 6.07) is 5.93. The molecular formula is C15H16BrCl3N4. The number of rotatable bonds is 4. The van der Waals surface area contributed by atoms with Crippen LogP contribution in [0.4, 0.5) is 5.95 Å². The molecule has 0 aliphatic carbocycles. The van der Waals surface area contributed by atoms with Crippen LogP contribution >= 0.6 is 51.5 Å². The zero-order valence-corrected chi connectivity index (χ0v) is 16.1. The number of nitrogens with one attached hydrogen (secondary N) is 1. The number of halogens is 4. The third-order valence-corrected chi connectivity index (χ3v) is 4.68. The fourth-order valence-corrected chi connectivity index (χ4v) is 3.09. The van der Waals surface area contributed by atoms with Gasteiger partial charge in [-0.25, -0.2) is 9.97 Å². The van der Waals surface area contributed by atoms with Gasteiger partial charge >= 0.3 is 0 Å². The first-order valence-corrected chi connectivity index (χ1v) is 8.56. The van der Waals surface area contributed by atoms with E-state index in [1.165, 1.54) is 0 Å². The fourth-order valence-electron chi connectivity index (χ4n) is 2.51. The Balaban J connectivity index is 0.00000192. The largest absolute Gasteiger partial charge is 0.339 e. The van der Waals surface area contributed by atoms with Gasteiger partial charge in [0.1, 0.15) is 0 Å². The average Bonchev–Trinajstić information content (AvgIpc) is 2.98. The van der Waals surface area contributed by atoms with Gasteiger partial charge in [-0.15, -0.1) is 12.4 Å². The first-order chi connectivity index (χ1) is 10.6. The summed E-state index contributed by atoms with van der Waals surface area (Å²) in [5, 5.41) is 4.97. The monoisotopic (exact) mass is 436 g/mol. The predicted octanol–water partition coefficient (Wildman–Crippen LogP) is 4.34. The molecular weight excluding hydrogens is 422 g/mol. The van der Waals surface area contributed by atoms with Gasteiger partial charge in [-0.3, -0.25) is 0 Å². The van der Waals surface area contributed by atoms with Crippen LogP contribution in [0.1, 0.15) is 12.0 Å². The van der Waals surface area contributed by atoms with Crippen molar-refractivity contribution in [3.8, 4) is 0 Å². The van der Waals surface area contributed by atoms with Crippen LogP contribution in [0.3, 0.4) is 0 Å². The Morgan fingerprint density at radius 1 is 1.26 bits per heavy atom. The molecule has 1 aromatic carbocycles. The van der Waals surface area contributed by atoms with Crippen molar-refractivity contribution in [3.63, 3.8) is 0 Å². The predicted molar refractivity (Wildman–Crippen MR) is 101 cm³/mol. The average molecular weight is 439 g/mol. The second-order valence-corrected chi connectivity index (χ2v) is 7.01. The second kappa shape index (κ2) is 8.49. The highest BCUT2D eigenvalue weighted by Gasteiger charge is 2.24. The van der Waals surface area contributed by atoms with Gasteiger partial charge in [-0.1, -0.05) is 23.2 Å². The zero-order chi connectivity index (χ0) is 15.5. The molecule has 4 nitrogen and oxygen atoms in total. The molecule has 1 aromatic heterocycles. The van der Waals surface area contributed by atoms with Gasteiger partial charge in [0, 0.05) is 48.1 Å². The summed E-state index contributed by atoms with van der Waals surface area (Å²) in [6.45, 7) is 2.54. The van der Waals surface area contributed by atoms with Crippen LogP contribution in [0.15, 0.2) is 35.1 Å². The first-order valence-electron chi connectivity index (χ1n) is 7.01. The zero-order valence-electron chi connectivity index (χ0n) is 12.2. The topological polar surface area (TPSA) is 41.0 Å². The molecule has 0 bridgehead atoms. The molecule has 1 aliphatic heterocycles. The summed E-state index contributed by atoms with van der Waals surface area (Å²) in [5.41, 5.74) is 1.02. The molecule has 1 saturated heterocycles. The van der Waals surface area contributed by atoms with Crippen LogP contribution in [0.5, 0.6) is 0 Å². The van der Waals surface area contributed by atoms with Crippen LogP contribution in [0.2, 0.25) is 10.0 Å². The van der Waals surface area contributed by atoms with Crippen molar-refractivity contribution < 1.29 is 0 Å². The van der Waals surface area contributed by atoms with E-state index in [9.17, 15) is 0 Å². The van der Waals surface area contributed by atoms with E-state index in [1.54, 1.807) is 18.5 Å². The lowest BCUT2D eigenvalue weighted by Crippen LogP contribution is -2.32. The minimum absolute atomic E-state index is 0. The second-order valence-electron chi connectivity index (χ2n) is 5.25. The van der Waals surface area contributed by atoms with Crippen molar-refractivity contribution in [3.05, 3.63) is 50.7 Å². The highest BCUT2D eigenvalue weighted by atomic mass is 79.9. The molecule has 0 spiro atoms. The van der Waals surface area contributed by atoms with Crippen molar-refractivity contribution in [2.75, 3.05) is 18.0 Å². The van der Waals surface area contributed by atoms with Gasteiger partial charge < -0.3 is 10.2 Å². The van der Waals surface area contributed by atoms with Crippen molar-refractivity contribution in [2.24, 2.45) is 0 Å². The molecule has 3 rings (SSSR count).